The van der Waals surface area contributed by atoms with Crippen molar-refractivity contribution in [2.45, 2.75) is 45.1 Å². The second-order valence-corrected chi connectivity index (χ2v) is 11.0. The van der Waals surface area contributed by atoms with Crippen molar-refractivity contribution in [3.05, 3.63) is 46.7 Å². The van der Waals surface area contributed by atoms with E-state index in [-0.39, 0.29) is 24.6 Å². The van der Waals surface area contributed by atoms with E-state index in [1.54, 1.807) is 6.20 Å². The molecule has 1 fully saturated rings. The summed E-state index contributed by atoms with van der Waals surface area (Å²) in [5.74, 6) is -0.0722. The zero-order chi connectivity index (χ0) is 26.6. The summed E-state index contributed by atoms with van der Waals surface area (Å²) in [5, 5.41) is 12.1. The van der Waals surface area contributed by atoms with Crippen LogP contribution in [0.25, 0.3) is 22.4 Å². The first-order valence-corrected chi connectivity index (χ1v) is 13.8. The molecule has 1 aliphatic heterocycles. The maximum Gasteiger partial charge on any atom is 0.304 e. The van der Waals surface area contributed by atoms with Crippen LogP contribution in [0.15, 0.2) is 36.5 Å². The van der Waals surface area contributed by atoms with E-state index in [4.69, 9.17) is 4.74 Å². The Hall–Kier alpha value is -3.53. The van der Waals surface area contributed by atoms with E-state index in [1.807, 2.05) is 42.3 Å². The lowest BCUT2D eigenvalue weighted by atomic mass is 9.90. The molecule has 3 heterocycles. The van der Waals surface area contributed by atoms with E-state index < -0.39 is 17.0 Å². The minimum absolute atomic E-state index is 0.0456. The lowest BCUT2D eigenvalue weighted by Gasteiger charge is -2.26. The number of likely N-dealkylation sites (N-methyl/N-ethyl adjacent to an activating group) is 1. The third-order valence-corrected chi connectivity index (χ3v) is 8.14. The molecule has 200 valence electrons. The summed E-state index contributed by atoms with van der Waals surface area (Å²) in [6, 6.07) is 9.32. The van der Waals surface area contributed by atoms with Crippen molar-refractivity contribution in [3.8, 4) is 28.1 Å². The fourth-order valence-electron chi connectivity index (χ4n) is 5.35. The smallest absolute Gasteiger partial charge is 0.304 e. The van der Waals surface area contributed by atoms with Gasteiger partial charge in [-0.05, 0) is 24.0 Å². The average Bonchev–Trinajstić information content (AvgIpc) is 3.56. The molecule has 0 bridgehead atoms. The molecule has 1 aliphatic carbocycles. The zero-order valence-electron chi connectivity index (χ0n) is 21.3. The van der Waals surface area contributed by atoms with Crippen LogP contribution in [-0.4, -0.2) is 47.2 Å². The van der Waals surface area contributed by atoms with Crippen molar-refractivity contribution in [1.29, 1.82) is 0 Å². The molecule has 2 N–H and O–H groups in total. The van der Waals surface area contributed by atoms with Crippen LogP contribution in [0.2, 0.25) is 0 Å². The van der Waals surface area contributed by atoms with Gasteiger partial charge >= 0.3 is 5.97 Å². The average molecular weight is 539 g/mol. The van der Waals surface area contributed by atoms with Crippen molar-refractivity contribution >= 4 is 29.0 Å². The van der Waals surface area contributed by atoms with Gasteiger partial charge in [-0.1, -0.05) is 61.3 Å². The van der Waals surface area contributed by atoms with E-state index in [1.165, 1.54) is 0 Å². The summed E-state index contributed by atoms with van der Waals surface area (Å²) in [6.45, 7) is 1.38. The predicted octanol–water partition coefficient (Wildman–Crippen LogP) is 5.13. The number of nitrogens with one attached hydrogen (secondary N) is 1. The Morgan fingerprint density at radius 2 is 2.03 bits per heavy atom. The number of pyridine rings is 1. The number of hydrogen-bond donors (Lipinski definition) is 2. The Morgan fingerprint density at radius 3 is 2.79 bits per heavy atom. The summed E-state index contributed by atoms with van der Waals surface area (Å²) in [7, 11) is 1.96. The number of aromatic nitrogens is 2. The molecule has 0 unspecified atom stereocenters. The predicted molar refractivity (Wildman–Crippen MR) is 144 cm³/mol. The van der Waals surface area contributed by atoms with Gasteiger partial charge in [-0.2, -0.15) is 4.39 Å². The van der Waals surface area contributed by atoms with Gasteiger partial charge in [0.15, 0.2) is 11.6 Å². The Balaban J connectivity index is 1.33. The summed E-state index contributed by atoms with van der Waals surface area (Å²) in [4.78, 5) is 35.3. The molecule has 38 heavy (non-hydrogen) atoms. The number of carboxylic acids is 1. The Labute approximate surface area is 224 Å². The zero-order valence-corrected chi connectivity index (χ0v) is 22.1. The number of carbonyl (C=O) groups excluding carboxylic acids is 1. The number of carbonyl (C=O) groups is 2. The monoisotopic (exact) mass is 538 g/mol. The first kappa shape index (κ1) is 26.1. The molecular formula is C28H31FN4O4S. The second-order valence-electron chi connectivity index (χ2n) is 9.99. The normalized spacial score (nSPS) is 16.1. The molecule has 2 aliphatic rings. The van der Waals surface area contributed by atoms with Crippen LogP contribution in [-0.2, 0) is 16.1 Å². The number of anilines is 1. The number of hydrogen-bond acceptors (Lipinski definition) is 7. The fraction of sp³-hybridized carbons (Fsp3) is 0.429. The highest BCUT2D eigenvalue weighted by Crippen LogP contribution is 2.38. The van der Waals surface area contributed by atoms with Crippen molar-refractivity contribution in [2.24, 2.45) is 11.8 Å². The molecule has 0 radical (unpaired) electrons. The maximum absolute atomic E-state index is 15.2. The van der Waals surface area contributed by atoms with Crippen molar-refractivity contribution in [2.75, 3.05) is 25.1 Å². The number of aliphatic carboxylic acids is 1. The van der Waals surface area contributed by atoms with E-state index in [0.29, 0.717) is 35.3 Å². The molecule has 1 amide bonds. The van der Waals surface area contributed by atoms with Crippen molar-refractivity contribution in [3.63, 3.8) is 0 Å². The topological polar surface area (TPSA) is 105 Å². The second kappa shape index (κ2) is 11.5. The number of benzene rings is 1. The third-order valence-electron chi connectivity index (χ3n) is 7.30. The SMILES string of the molecule is CN1CCOc2cc(-c3ccccc3-c3nc(CNC(=O)[C@@H](CC(=O)O)CC4CCCC4)sc3F)cnc21. The van der Waals surface area contributed by atoms with Gasteiger partial charge in [0, 0.05) is 30.3 Å². The van der Waals surface area contributed by atoms with Crippen LogP contribution in [0, 0.1) is 17.0 Å². The fourth-order valence-corrected chi connectivity index (χ4v) is 6.09. The van der Waals surface area contributed by atoms with Crippen LogP contribution in [0.1, 0.15) is 43.5 Å². The maximum atomic E-state index is 15.2. The molecule has 10 heteroatoms. The lowest BCUT2D eigenvalue weighted by molar-refractivity contribution is -0.141. The van der Waals surface area contributed by atoms with Crippen LogP contribution >= 0.6 is 11.3 Å². The van der Waals surface area contributed by atoms with Gasteiger partial charge in [0.05, 0.1) is 19.5 Å². The van der Waals surface area contributed by atoms with Gasteiger partial charge in [0.1, 0.15) is 17.3 Å². The minimum Gasteiger partial charge on any atom is -0.488 e. The largest absolute Gasteiger partial charge is 0.488 e. The van der Waals surface area contributed by atoms with E-state index in [0.717, 1.165) is 60.5 Å². The first-order valence-electron chi connectivity index (χ1n) is 13.0. The van der Waals surface area contributed by atoms with Gasteiger partial charge in [0.25, 0.3) is 0 Å². The molecule has 1 saturated carbocycles. The highest BCUT2D eigenvalue weighted by Gasteiger charge is 2.28. The van der Waals surface area contributed by atoms with Crippen LogP contribution < -0.4 is 15.0 Å². The molecule has 5 rings (SSSR count). The van der Waals surface area contributed by atoms with Crippen molar-refractivity contribution in [1.82, 2.24) is 15.3 Å². The number of ether oxygens (including phenoxy) is 1. The molecule has 0 saturated heterocycles. The number of halogens is 1. The number of nitrogens with zero attached hydrogens (tertiary/aromatic N) is 3. The molecule has 2 aromatic heterocycles. The Bertz CT molecular complexity index is 1320. The summed E-state index contributed by atoms with van der Waals surface area (Å²) >= 11 is 0.881. The molecule has 8 nitrogen and oxygen atoms in total. The highest BCUT2D eigenvalue weighted by atomic mass is 32.1. The number of amides is 1. The first-order chi connectivity index (χ1) is 18.4. The standard InChI is InChI=1S/C28H31FN4O4S/c1-33-10-11-37-22-13-19(15-30-27(22)33)20-8-4-5-9-21(20)25-26(29)38-23(32-25)16-31-28(36)18(14-24(34)35)12-17-6-2-3-7-17/h4-5,8-9,13,15,17-18H,2-3,6-7,10-12,14,16H2,1H3,(H,31,36)(H,34,35)/t18-/m1/s1. The molecular weight excluding hydrogens is 507 g/mol. The van der Waals surface area contributed by atoms with Gasteiger partial charge in [-0.25, -0.2) is 9.97 Å². The van der Waals surface area contributed by atoms with Gasteiger partial charge in [-0.3, -0.25) is 9.59 Å². The summed E-state index contributed by atoms with van der Waals surface area (Å²) in [5.41, 5.74) is 2.39. The van der Waals surface area contributed by atoms with E-state index in [2.05, 4.69) is 15.3 Å². The van der Waals surface area contributed by atoms with E-state index in [9.17, 15) is 14.7 Å². The Kier molecular flexibility index (Phi) is 7.87. The number of carboxylic acid groups (broad SMARTS) is 1. The lowest BCUT2D eigenvalue weighted by Crippen LogP contribution is -2.32. The van der Waals surface area contributed by atoms with Gasteiger partial charge < -0.3 is 20.1 Å². The highest BCUT2D eigenvalue weighted by molar-refractivity contribution is 7.10. The van der Waals surface area contributed by atoms with Gasteiger partial charge in [-0.15, -0.1) is 0 Å². The third kappa shape index (κ3) is 5.80. The molecule has 1 aromatic carbocycles. The molecule has 0 spiro atoms. The number of thiazole rings is 1. The number of fused-ring (bicyclic) bond motifs is 1. The summed E-state index contributed by atoms with van der Waals surface area (Å²) in [6.07, 6.45) is 6.43. The van der Waals surface area contributed by atoms with Crippen LogP contribution in [0.4, 0.5) is 10.2 Å². The van der Waals surface area contributed by atoms with E-state index >= 15 is 4.39 Å². The Morgan fingerprint density at radius 1 is 1.26 bits per heavy atom. The summed E-state index contributed by atoms with van der Waals surface area (Å²) < 4.78 is 21.0. The molecule has 1 atom stereocenters. The molecule has 3 aromatic rings. The van der Waals surface area contributed by atoms with Crippen molar-refractivity contribution < 1.29 is 23.8 Å². The quantitative estimate of drug-likeness (QED) is 0.389. The number of rotatable bonds is 9. The minimum atomic E-state index is -0.990. The van der Waals surface area contributed by atoms with Gasteiger partial charge in [0.2, 0.25) is 11.0 Å². The van der Waals surface area contributed by atoms with Crippen LogP contribution in [0.3, 0.4) is 0 Å². The van der Waals surface area contributed by atoms with Crippen LogP contribution in [0.5, 0.6) is 5.75 Å².